The molecule has 0 saturated heterocycles. The number of nitrogens with one attached hydrogen (secondary N) is 2. The molecule has 0 spiro atoms. The number of primary amides is 1. The van der Waals surface area contributed by atoms with Crippen LogP contribution < -0.4 is 21.1 Å². The molecule has 0 fully saturated rings. The summed E-state index contributed by atoms with van der Waals surface area (Å²) in [6, 6.07) is 11.2. The average Bonchev–Trinajstić information content (AvgIpc) is 2.65. The molecule has 0 bridgehead atoms. The molecule has 0 radical (unpaired) electrons. The van der Waals surface area contributed by atoms with Crippen molar-refractivity contribution in [3.05, 3.63) is 58.1 Å². The number of halogens is 1. The zero-order valence-corrected chi connectivity index (χ0v) is 15.7. The van der Waals surface area contributed by atoms with Crippen LogP contribution in [-0.2, 0) is 16.1 Å². The van der Waals surface area contributed by atoms with Crippen molar-refractivity contribution in [1.82, 2.24) is 5.32 Å². The van der Waals surface area contributed by atoms with Gasteiger partial charge in [0.15, 0.2) is 6.61 Å². The van der Waals surface area contributed by atoms with E-state index in [0.29, 0.717) is 11.1 Å². The van der Waals surface area contributed by atoms with E-state index in [0.717, 1.165) is 0 Å². The van der Waals surface area contributed by atoms with Gasteiger partial charge in [0, 0.05) is 19.0 Å². The largest absolute Gasteiger partial charge is 0.483 e. The summed E-state index contributed by atoms with van der Waals surface area (Å²) in [4.78, 5) is 34.9. The number of hydrogen-bond donors (Lipinski definition) is 3. The molecule has 0 heterocycles. The fraction of sp³-hybridized carbons (Fsp3) is 0.158. The van der Waals surface area contributed by atoms with Gasteiger partial charge in [-0.05, 0) is 24.3 Å². The summed E-state index contributed by atoms with van der Waals surface area (Å²) in [5, 5.41) is 14.5. The van der Waals surface area contributed by atoms with Gasteiger partial charge in [0.05, 0.1) is 27.9 Å². The van der Waals surface area contributed by atoms with Crippen LogP contribution in [-0.4, -0.2) is 24.3 Å². The normalized spacial score (nSPS) is 9.89. The topological polar surface area (TPSA) is 134 Å². The molecule has 8 nitrogen and oxygen atoms in total. The van der Waals surface area contributed by atoms with Gasteiger partial charge < -0.3 is 21.1 Å². The highest BCUT2D eigenvalue weighted by atomic mass is 35.5. The van der Waals surface area contributed by atoms with Crippen molar-refractivity contribution in [2.24, 2.45) is 5.73 Å². The van der Waals surface area contributed by atoms with Crippen LogP contribution in [0.15, 0.2) is 36.4 Å². The highest BCUT2D eigenvalue weighted by molar-refractivity contribution is 6.34. The average molecular weight is 401 g/mol. The molecule has 0 aromatic heterocycles. The van der Waals surface area contributed by atoms with Gasteiger partial charge in [-0.2, -0.15) is 5.26 Å². The zero-order chi connectivity index (χ0) is 20.7. The minimum Gasteiger partial charge on any atom is -0.483 e. The zero-order valence-electron chi connectivity index (χ0n) is 14.9. The van der Waals surface area contributed by atoms with Crippen LogP contribution in [0.4, 0.5) is 5.69 Å². The number of carbonyl (C=O) groups excluding carboxylic acids is 3. The maximum Gasteiger partial charge on any atom is 0.255 e. The van der Waals surface area contributed by atoms with E-state index >= 15 is 0 Å². The molecule has 0 aliphatic rings. The number of nitriles is 1. The van der Waals surface area contributed by atoms with Crippen LogP contribution in [0.25, 0.3) is 0 Å². The summed E-state index contributed by atoms with van der Waals surface area (Å²) in [6.45, 7) is 0.992. The summed E-state index contributed by atoms with van der Waals surface area (Å²) in [6.07, 6.45) is 0. The number of nitrogens with two attached hydrogens (primary N) is 1. The molecule has 0 unspecified atom stereocenters. The fourth-order valence-electron chi connectivity index (χ4n) is 2.34. The van der Waals surface area contributed by atoms with Gasteiger partial charge in [0.2, 0.25) is 5.91 Å². The van der Waals surface area contributed by atoms with Crippen molar-refractivity contribution >= 4 is 35.0 Å². The number of carbonyl (C=O) groups is 3. The summed E-state index contributed by atoms with van der Waals surface area (Å²) in [7, 11) is 0. The van der Waals surface area contributed by atoms with E-state index in [1.54, 1.807) is 24.3 Å². The molecule has 0 saturated carbocycles. The van der Waals surface area contributed by atoms with Crippen molar-refractivity contribution < 1.29 is 19.1 Å². The Kier molecular flexibility index (Phi) is 6.96. The highest BCUT2D eigenvalue weighted by Crippen LogP contribution is 2.26. The van der Waals surface area contributed by atoms with Crippen LogP contribution in [0.1, 0.15) is 28.4 Å². The number of hydrogen-bond acceptors (Lipinski definition) is 5. The molecule has 2 aromatic rings. The molecule has 0 aliphatic heterocycles. The lowest BCUT2D eigenvalue weighted by molar-refractivity contribution is -0.120. The summed E-state index contributed by atoms with van der Waals surface area (Å²) in [5.41, 5.74) is 6.35. The number of anilines is 1. The minimum atomic E-state index is -0.670. The maximum absolute atomic E-state index is 12.6. The number of amides is 3. The maximum atomic E-state index is 12.6. The molecule has 144 valence electrons. The summed E-state index contributed by atoms with van der Waals surface area (Å²) < 4.78 is 5.32. The Hall–Kier alpha value is -3.57. The van der Waals surface area contributed by atoms with E-state index in [9.17, 15) is 14.4 Å². The van der Waals surface area contributed by atoms with Crippen molar-refractivity contribution in [1.29, 1.82) is 5.26 Å². The standard InChI is InChI=1S/C19H17ClN4O4/c1-11(25)24-18-14(3-2-4-15(18)20)19(27)23-9-13-6-5-12(8-21)7-16(13)28-10-17(22)26/h2-7H,9-10H2,1H3,(H2,22,26)(H,23,27)(H,24,25). The van der Waals surface area contributed by atoms with Crippen LogP contribution in [0.3, 0.4) is 0 Å². The van der Waals surface area contributed by atoms with E-state index in [-0.39, 0.29) is 41.1 Å². The highest BCUT2D eigenvalue weighted by Gasteiger charge is 2.16. The third-order valence-electron chi connectivity index (χ3n) is 3.56. The lowest BCUT2D eigenvalue weighted by atomic mass is 10.1. The van der Waals surface area contributed by atoms with Gasteiger partial charge in [-0.3, -0.25) is 14.4 Å². The van der Waals surface area contributed by atoms with Crippen molar-refractivity contribution in [3.8, 4) is 11.8 Å². The second kappa shape index (κ2) is 9.39. The Bertz CT molecular complexity index is 969. The van der Waals surface area contributed by atoms with E-state index in [4.69, 9.17) is 27.3 Å². The minimum absolute atomic E-state index is 0.0463. The van der Waals surface area contributed by atoms with Gasteiger partial charge in [-0.25, -0.2) is 0 Å². The van der Waals surface area contributed by atoms with Crippen molar-refractivity contribution in [2.75, 3.05) is 11.9 Å². The van der Waals surface area contributed by atoms with E-state index in [2.05, 4.69) is 10.6 Å². The number of nitrogens with zero attached hydrogens (tertiary/aromatic N) is 1. The third kappa shape index (κ3) is 5.46. The van der Waals surface area contributed by atoms with E-state index in [1.165, 1.54) is 19.1 Å². The first kappa shape index (κ1) is 20.7. The number of para-hydroxylation sites is 1. The molecular formula is C19H17ClN4O4. The summed E-state index contributed by atoms with van der Waals surface area (Å²) in [5.74, 6) is -1.25. The molecule has 28 heavy (non-hydrogen) atoms. The third-order valence-corrected chi connectivity index (χ3v) is 3.88. The first-order valence-corrected chi connectivity index (χ1v) is 8.48. The second-order valence-electron chi connectivity index (χ2n) is 5.72. The van der Waals surface area contributed by atoms with Crippen LogP contribution >= 0.6 is 11.6 Å². The predicted octanol–water partition coefficient (Wildman–Crippen LogP) is 1.96. The summed E-state index contributed by atoms with van der Waals surface area (Å²) >= 11 is 6.08. The molecule has 4 N–H and O–H groups in total. The Labute approximate surface area is 166 Å². The van der Waals surface area contributed by atoms with Gasteiger partial charge in [0.25, 0.3) is 11.8 Å². The van der Waals surface area contributed by atoms with Crippen LogP contribution in [0.5, 0.6) is 5.75 Å². The molecule has 0 aliphatic carbocycles. The number of rotatable bonds is 7. The Balaban J connectivity index is 2.21. The Morgan fingerprint density at radius 2 is 2.00 bits per heavy atom. The lowest BCUT2D eigenvalue weighted by Gasteiger charge is -2.14. The first-order chi connectivity index (χ1) is 13.3. The van der Waals surface area contributed by atoms with Crippen molar-refractivity contribution in [3.63, 3.8) is 0 Å². The van der Waals surface area contributed by atoms with E-state index in [1.807, 2.05) is 6.07 Å². The van der Waals surface area contributed by atoms with Gasteiger partial charge in [-0.1, -0.05) is 23.7 Å². The molecule has 0 atom stereocenters. The van der Waals surface area contributed by atoms with E-state index < -0.39 is 11.8 Å². The Morgan fingerprint density at radius 1 is 1.25 bits per heavy atom. The van der Waals surface area contributed by atoms with Crippen LogP contribution in [0.2, 0.25) is 5.02 Å². The quantitative estimate of drug-likeness (QED) is 0.653. The SMILES string of the molecule is CC(=O)Nc1c(Cl)cccc1C(=O)NCc1ccc(C#N)cc1OCC(N)=O. The van der Waals surface area contributed by atoms with Gasteiger partial charge in [-0.15, -0.1) is 0 Å². The fourth-order valence-corrected chi connectivity index (χ4v) is 2.56. The smallest absolute Gasteiger partial charge is 0.255 e. The monoisotopic (exact) mass is 400 g/mol. The van der Waals surface area contributed by atoms with Gasteiger partial charge >= 0.3 is 0 Å². The lowest BCUT2D eigenvalue weighted by Crippen LogP contribution is -2.25. The Morgan fingerprint density at radius 3 is 2.64 bits per heavy atom. The molecule has 9 heteroatoms. The second-order valence-corrected chi connectivity index (χ2v) is 6.12. The predicted molar refractivity (Wildman–Crippen MR) is 103 cm³/mol. The number of benzene rings is 2. The first-order valence-electron chi connectivity index (χ1n) is 8.10. The molecule has 2 aromatic carbocycles. The molecule has 2 rings (SSSR count). The van der Waals surface area contributed by atoms with Crippen molar-refractivity contribution in [2.45, 2.75) is 13.5 Å². The number of ether oxygens (including phenoxy) is 1. The molecule has 3 amide bonds. The van der Waals surface area contributed by atoms with Gasteiger partial charge in [0.1, 0.15) is 5.75 Å². The van der Waals surface area contributed by atoms with Crippen LogP contribution in [0, 0.1) is 11.3 Å². The molecular weight excluding hydrogens is 384 g/mol.